The highest BCUT2D eigenvalue weighted by Crippen LogP contribution is 2.41. The first-order chi connectivity index (χ1) is 17.4. The molecule has 2 aromatic carbocycles. The van der Waals surface area contributed by atoms with Crippen LogP contribution in [0.25, 0.3) is 21.0 Å². The van der Waals surface area contributed by atoms with Gasteiger partial charge in [-0.25, -0.2) is 9.78 Å². The molecular formula is C29H36N4O2S. The molecule has 7 heteroatoms. The average Bonchev–Trinajstić information content (AvgIpc) is 3.52. The lowest BCUT2D eigenvalue weighted by Gasteiger charge is -2.35. The van der Waals surface area contributed by atoms with Crippen LogP contribution in [0.4, 0.5) is 4.79 Å². The molecule has 1 saturated heterocycles. The fourth-order valence-corrected chi connectivity index (χ4v) is 6.32. The van der Waals surface area contributed by atoms with Crippen molar-refractivity contribution in [3.05, 3.63) is 59.8 Å². The normalized spacial score (nSPS) is 18.1. The maximum absolute atomic E-state index is 13.0. The Hall–Kier alpha value is -2.90. The van der Waals surface area contributed by atoms with Crippen LogP contribution in [0.15, 0.2) is 48.7 Å². The first kappa shape index (κ1) is 24.8. The van der Waals surface area contributed by atoms with Crippen molar-refractivity contribution >= 4 is 17.4 Å². The number of benzene rings is 2. The number of nitrogens with one attached hydrogen (secondary N) is 1. The summed E-state index contributed by atoms with van der Waals surface area (Å²) >= 11 is 1.71. The second-order valence-electron chi connectivity index (χ2n) is 10.3. The van der Waals surface area contributed by atoms with E-state index in [0.29, 0.717) is 6.04 Å². The average molecular weight is 505 g/mol. The molecule has 36 heavy (non-hydrogen) atoms. The molecule has 0 spiro atoms. The summed E-state index contributed by atoms with van der Waals surface area (Å²) in [5, 5.41) is 4.33. The van der Waals surface area contributed by atoms with Crippen LogP contribution in [0, 0.1) is 0 Å². The maximum atomic E-state index is 13.0. The minimum absolute atomic E-state index is 0.0694. The third-order valence-electron chi connectivity index (χ3n) is 7.29. The van der Waals surface area contributed by atoms with E-state index in [1.807, 2.05) is 37.1 Å². The van der Waals surface area contributed by atoms with E-state index in [1.54, 1.807) is 11.3 Å². The number of piperidine rings is 1. The molecule has 2 aliphatic rings. The smallest absolute Gasteiger partial charge is 0.317 e. The summed E-state index contributed by atoms with van der Waals surface area (Å²) in [6.07, 6.45) is 6.11. The quantitative estimate of drug-likeness (QED) is 0.448. The van der Waals surface area contributed by atoms with Gasteiger partial charge in [0, 0.05) is 30.9 Å². The number of carbonyl (C=O) groups excluding carboxylic acids is 1. The zero-order chi connectivity index (χ0) is 25.2. The molecule has 1 aromatic heterocycles. The zero-order valence-corrected chi connectivity index (χ0v) is 22.5. The van der Waals surface area contributed by atoms with E-state index < -0.39 is 0 Å². The predicted molar refractivity (Wildman–Crippen MR) is 147 cm³/mol. The first-order valence-electron chi connectivity index (χ1n) is 13.0. The lowest BCUT2D eigenvalue weighted by molar-refractivity contribution is 0.146. The van der Waals surface area contributed by atoms with E-state index in [1.165, 1.54) is 21.6 Å². The Morgan fingerprint density at radius 1 is 1.11 bits per heavy atom. The van der Waals surface area contributed by atoms with Gasteiger partial charge in [0.1, 0.15) is 10.8 Å². The van der Waals surface area contributed by atoms with Crippen molar-refractivity contribution in [1.82, 2.24) is 20.1 Å². The predicted octanol–water partition coefficient (Wildman–Crippen LogP) is 5.99. The van der Waals surface area contributed by atoms with Gasteiger partial charge in [0.25, 0.3) is 0 Å². The molecule has 1 aliphatic heterocycles. The molecule has 1 fully saturated rings. The number of likely N-dealkylation sites (tertiary alicyclic amines) is 1. The van der Waals surface area contributed by atoms with Gasteiger partial charge < -0.3 is 19.9 Å². The third kappa shape index (κ3) is 5.27. The number of carbonyl (C=O) groups is 1. The van der Waals surface area contributed by atoms with Gasteiger partial charge in [-0.1, -0.05) is 18.2 Å². The topological polar surface area (TPSA) is 57.7 Å². The summed E-state index contributed by atoms with van der Waals surface area (Å²) in [5.74, 6) is 0.876. The van der Waals surface area contributed by atoms with Crippen molar-refractivity contribution in [2.24, 2.45) is 0 Å². The lowest BCUT2D eigenvalue weighted by atomic mass is 10.0. The lowest BCUT2D eigenvalue weighted by Crippen LogP contribution is -2.48. The second-order valence-corrected chi connectivity index (χ2v) is 11.3. The molecule has 0 saturated carbocycles. The molecule has 1 atom stereocenters. The largest absolute Gasteiger partial charge is 0.491 e. The number of hydrogen-bond acceptors (Lipinski definition) is 5. The molecular weight excluding hydrogens is 468 g/mol. The van der Waals surface area contributed by atoms with Gasteiger partial charge in [-0.05, 0) is 94.6 Å². The van der Waals surface area contributed by atoms with Crippen LogP contribution in [-0.2, 0) is 6.42 Å². The number of fused-ring (bicyclic) bond motifs is 1. The summed E-state index contributed by atoms with van der Waals surface area (Å²) in [6.45, 7) is 5.71. The highest BCUT2D eigenvalue weighted by molar-refractivity contribution is 7.18. The molecule has 2 heterocycles. The summed E-state index contributed by atoms with van der Waals surface area (Å²) in [7, 11) is 4.25. The molecule has 5 rings (SSSR count). The first-order valence-corrected chi connectivity index (χ1v) is 13.8. The molecule has 2 amide bonds. The Balaban J connectivity index is 1.28. The van der Waals surface area contributed by atoms with Crippen LogP contribution in [0.5, 0.6) is 5.75 Å². The van der Waals surface area contributed by atoms with E-state index in [9.17, 15) is 4.79 Å². The van der Waals surface area contributed by atoms with Gasteiger partial charge in [-0.15, -0.1) is 11.3 Å². The van der Waals surface area contributed by atoms with Gasteiger partial charge in [-0.2, -0.15) is 0 Å². The minimum Gasteiger partial charge on any atom is -0.491 e. The fourth-order valence-electron chi connectivity index (χ4n) is 5.34. The van der Waals surface area contributed by atoms with Gasteiger partial charge in [0.05, 0.1) is 17.0 Å². The van der Waals surface area contributed by atoms with Crippen molar-refractivity contribution in [1.29, 1.82) is 0 Å². The Morgan fingerprint density at radius 3 is 2.56 bits per heavy atom. The molecule has 1 N–H and O–H groups in total. The number of amides is 2. The Labute approximate surface area is 218 Å². The number of hydrogen-bond donors (Lipinski definition) is 1. The Morgan fingerprint density at radius 2 is 1.86 bits per heavy atom. The Kier molecular flexibility index (Phi) is 7.30. The van der Waals surface area contributed by atoms with E-state index in [2.05, 4.69) is 54.6 Å². The fraction of sp³-hybridized carbons (Fsp3) is 0.448. The van der Waals surface area contributed by atoms with E-state index in [0.717, 1.165) is 55.1 Å². The van der Waals surface area contributed by atoms with Gasteiger partial charge >= 0.3 is 6.03 Å². The van der Waals surface area contributed by atoms with Gasteiger partial charge in [-0.3, -0.25) is 0 Å². The van der Waals surface area contributed by atoms with E-state index in [-0.39, 0.29) is 18.2 Å². The van der Waals surface area contributed by atoms with Crippen LogP contribution in [0.2, 0.25) is 0 Å². The number of thiazole rings is 1. The second kappa shape index (κ2) is 10.6. The minimum atomic E-state index is 0.0694. The number of ether oxygens (including phenoxy) is 1. The van der Waals surface area contributed by atoms with Crippen molar-refractivity contribution in [3.8, 4) is 26.8 Å². The summed E-state index contributed by atoms with van der Waals surface area (Å²) in [6, 6.07) is 15.3. The van der Waals surface area contributed by atoms with E-state index in [4.69, 9.17) is 9.72 Å². The number of nitrogens with zero attached hydrogens (tertiary/aromatic N) is 3. The molecule has 6 nitrogen and oxygen atoms in total. The van der Waals surface area contributed by atoms with Crippen molar-refractivity contribution in [3.63, 3.8) is 0 Å². The summed E-state index contributed by atoms with van der Waals surface area (Å²) in [4.78, 5) is 23.2. The highest BCUT2D eigenvalue weighted by atomic mass is 32.1. The van der Waals surface area contributed by atoms with E-state index >= 15 is 0 Å². The molecule has 3 aromatic rings. The van der Waals surface area contributed by atoms with Gasteiger partial charge in [0.2, 0.25) is 0 Å². The van der Waals surface area contributed by atoms with Crippen LogP contribution in [-0.4, -0.2) is 60.1 Å². The van der Waals surface area contributed by atoms with Crippen LogP contribution >= 0.6 is 11.3 Å². The number of urea groups is 1. The molecule has 0 bridgehead atoms. The highest BCUT2D eigenvalue weighted by Gasteiger charge is 2.30. The number of rotatable bonds is 6. The van der Waals surface area contributed by atoms with Crippen molar-refractivity contribution in [2.75, 3.05) is 27.2 Å². The van der Waals surface area contributed by atoms with Gasteiger partial charge in [0.15, 0.2) is 0 Å². The van der Waals surface area contributed by atoms with Crippen LogP contribution < -0.4 is 10.1 Å². The summed E-state index contributed by atoms with van der Waals surface area (Å²) < 4.78 is 5.77. The third-order valence-corrected chi connectivity index (χ3v) is 8.37. The maximum Gasteiger partial charge on any atom is 0.317 e. The number of aromatic nitrogens is 1. The zero-order valence-electron chi connectivity index (χ0n) is 21.7. The molecule has 0 unspecified atom stereocenters. The summed E-state index contributed by atoms with van der Waals surface area (Å²) in [5.41, 5.74) is 4.91. The SMILES string of the molecule is CC(C)Oc1ccc(-c2ncc(-c3cccc4c3CC[C@@H]4NC(=O)N3CCC(N(C)C)CC3)s2)cc1. The molecule has 190 valence electrons. The van der Waals surface area contributed by atoms with Crippen LogP contribution in [0.1, 0.15) is 50.3 Å². The van der Waals surface area contributed by atoms with Crippen molar-refractivity contribution < 1.29 is 9.53 Å². The molecule has 0 radical (unpaired) electrons. The van der Waals surface area contributed by atoms with Crippen molar-refractivity contribution in [2.45, 2.75) is 57.7 Å². The Bertz CT molecular complexity index is 1200. The monoisotopic (exact) mass is 504 g/mol. The standard InChI is InChI=1S/C29H36N4O2S/c1-19(2)35-22-10-8-20(9-11-22)28-30-18-27(36-28)25-7-5-6-24-23(25)12-13-26(24)31-29(34)33-16-14-21(15-17-33)32(3)4/h5-11,18-19,21,26H,12-17H2,1-4H3,(H,31,34)/t26-/m0/s1. The van der Waals surface area contributed by atoms with Crippen LogP contribution in [0.3, 0.4) is 0 Å². The molecule has 1 aliphatic carbocycles.